The fourth-order valence-corrected chi connectivity index (χ4v) is 3.05. The predicted molar refractivity (Wildman–Crippen MR) is 79.7 cm³/mol. The molecule has 5 nitrogen and oxygen atoms in total. The van der Waals surface area contributed by atoms with Crippen LogP contribution in [0.15, 0.2) is 22.7 Å². The van der Waals surface area contributed by atoms with Crippen molar-refractivity contribution in [1.29, 1.82) is 0 Å². The molecule has 20 heavy (non-hydrogen) atoms. The zero-order chi connectivity index (χ0) is 14.9. The molecule has 1 aliphatic heterocycles. The van der Waals surface area contributed by atoms with E-state index in [1.165, 1.54) is 6.07 Å². The van der Waals surface area contributed by atoms with Crippen molar-refractivity contribution in [2.45, 2.75) is 32.7 Å². The van der Waals surface area contributed by atoms with E-state index in [4.69, 9.17) is 0 Å². The minimum absolute atomic E-state index is 0.0751. The van der Waals surface area contributed by atoms with E-state index in [1.54, 1.807) is 12.1 Å². The van der Waals surface area contributed by atoms with Crippen molar-refractivity contribution in [3.05, 3.63) is 38.3 Å². The Balaban J connectivity index is 2.25. The second-order valence-corrected chi connectivity index (χ2v) is 6.25. The van der Waals surface area contributed by atoms with Gasteiger partial charge in [-0.2, -0.15) is 0 Å². The van der Waals surface area contributed by atoms with Gasteiger partial charge in [0.05, 0.1) is 9.40 Å². The van der Waals surface area contributed by atoms with Gasteiger partial charge >= 0.3 is 0 Å². The molecule has 0 aromatic heterocycles. The zero-order valence-corrected chi connectivity index (χ0v) is 13.1. The summed E-state index contributed by atoms with van der Waals surface area (Å²) in [4.78, 5) is 24.8. The summed E-state index contributed by atoms with van der Waals surface area (Å²) < 4.78 is 0.388. The van der Waals surface area contributed by atoms with E-state index in [1.807, 2.05) is 11.8 Å². The molecule has 0 saturated carbocycles. The summed E-state index contributed by atoms with van der Waals surface area (Å²) in [5, 5.41) is 10.9. The first-order chi connectivity index (χ1) is 9.40. The molecule has 2 atom stereocenters. The zero-order valence-electron chi connectivity index (χ0n) is 11.5. The van der Waals surface area contributed by atoms with E-state index >= 15 is 0 Å². The molecule has 0 N–H and O–H groups in total. The maximum atomic E-state index is 12.5. The first kappa shape index (κ1) is 15.0. The standard InChI is InChI=1S/C14H17BrN2O3/c1-9-5-6-16(10(2)7-9)14(18)11-3-4-12(15)13(8-11)17(19)20/h3-4,8-10H,5-7H2,1-2H3. The summed E-state index contributed by atoms with van der Waals surface area (Å²) >= 11 is 3.13. The third-order valence-electron chi connectivity index (χ3n) is 3.79. The van der Waals surface area contributed by atoms with E-state index in [-0.39, 0.29) is 17.6 Å². The van der Waals surface area contributed by atoms with Gasteiger partial charge in [-0.1, -0.05) is 6.92 Å². The third-order valence-corrected chi connectivity index (χ3v) is 4.46. The van der Waals surface area contributed by atoms with Gasteiger partial charge in [0.15, 0.2) is 0 Å². The number of halogens is 1. The van der Waals surface area contributed by atoms with Crippen molar-refractivity contribution in [3.63, 3.8) is 0 Å². The molecule has 0 radical (unpaired) electrons. The lowest BCUT2D eigenvalue weighted by Gasteiger charge is -2.36. The summed E-state index contributed by atoms with van der Waals surface area (Å²) in [6.45, 7) is 4.93. The molecule has 2 rings (SSSR count). The molecule has 1 fully saturated rings. The highest BCUT2D eigenvalue weighted by molar-refractivity contribution is 9.10. The maximum absolute atomic E-state index is 12.5. The minimum Gasteiger partial charge on any atom is -0.336 e. The van der Waals surface area contributed by atoms with Gasteiger partial charge in [-0.05, 0) is 53.7 Å². The summed E-state index contributed by atoms with van der Waals surface area (Å²) in [7, 11) is 0. The van der Waals surface area contributed by atoms with Crippen molar-refractivity contribution in [2.75, 3.05) is 6.54 Å². The van der Waals surface area contributed by atoms with Gasteiger partial charge in [-0.15, -0.1) is 0 Å². The molecule has 1 aromatic rings. The van der Waals surface area contributed by atoms with Crippen molar-refractivity contribution in [2.24, 2.45) is 5.92 Å². The molecule has 2 unspecified atom stereocenters. The SMILES string of the molecule is CC1CCN(C(=O)c2ccc(Br)c([N+](=O)[O-])c2)C(C)C1. The number of rotatable bonds is 2. The van der Waals surface area contributed by atoms with E-state index in [0.29, 0.717) is 22.5 Å². The number of nitro groups is 1. The molecule has 1 heterocycles. The number of amides is 1. The Labute approximate surface area is 126 Å². The van der Waals surface area contributed by atoms with Crippen LogP contribution in [0.4, 0.5) is 5.69 Å². The molecule has 108 valence electrons. The average Bonchev–Trinajstić information content (AvgIpc) is 2.38. The van der Waals surface area contributed by atoms with Crippen LogP contribution in [-0.2, 0) is 0 Å². The van der Waals surface area contributed by atoms with E-state index in [2.05, 4.69) is 22.9 Å². The average molecular weight is 341 g/mol. The molecule has 1 aliphatic rings. The minimum atomic E-state index is -0.484. The van der Waals surface area contributed by atoms with Crippen molar-refractivity contribution in [1.82, 2.24) is 4.90 Å². The Hall–Kier alpha value is -1.43. The lowest BCUT2D eigenvalue weighted by Crippen LogP contribution is -2.44. The van der Waals surface area contributed by atoms with Crippen molar-refractivity contribution < 1.29 is 9.72 Å². The van der Waals surface area contributed by atoms with Gasteiger partial charge in [0, 0.05) is 24.2 Å². The van der Waals surface area contributed by atoms with Crippen molar-refractivity contribution in [3.8, 4) is 0 Å². The molecule has 6 heteroatoms. The number of nitro benzene ring substituents is 1. The number of carbonyl (C=O) groups excluding carboxylic acids is 1. The first-order valence-corrected chi connectivity index (χ1v) is 7.44. The van der Waals surface area contributed by atoms with Crippen LogP contribution in [0.1, 0.15) is 37.0 Å². The topological polar surface area (TPSA) is 63.5 Å². The van der Waals surface area contributed by atoms with Crippen LogP contribution in [0.2, 0.25) is 0 Å². The Morgan fingerprint density at radius 3 is 2.75 bits per heavy atom. The number of benzene rings is 1. The van der Waals surface area contributed by atoms with Gasteiger partial charge in [0.25, 0.3) is 11.6 Å². The fourth-order valence-electron chi connectivity index (χ4n) is 2.66. The molecular formula is C14H17BrN2O3. The normalized spacial score (nSPS) is 22.6. The van der Waals surface area contributed by atoms with Crippen LogP contribution in [0.5, 0.6) is 0 Å². The van der Waals surface area contributed by atoms with Crippen LogP contribution in [0, 0.1) is 16.0 Å². The van der Waals surface area contributed by atoms with Crippen molar-refractivity contribution >= 4 is 27.5 Å². The number of likely N-dealkylation sites (tertiary alicyclic amines) is 1. The highest BCUT2D eigenvalue weighted by Crippen LogP contribution is 2.28. The molecule has 1 aromatic carbocycles. The highest BCUT2D eigenvalue weighted by atomic mass is 79.9. The Morgan fingerprint density at radius 2 is 2.15 bits per heavy atom. The second kappa shape index (κ2) is 5.91. The fraction of sp³-hybridized carbons (Fsp3) is 0.500. The lowest BCUT2D eigenvalue weighted by atomic mass is 9.93. The van der Waals surface area contributed by atoms with Gasteiger partial charge in [-0.3, -0.25) is 14.9 Å². The monoisotopic (exact) mass is 340 g/mol. The van der Waals surface area contributed by atoms with Crippen LogP contribution >= 0.6 is 15.9 Å². The number of nitrogens with zero attached hydrogens (tertiary/aromatic N) is 2. The van der Waals surface area contributed by atoms with E-state index in [9.17, 15) is 14.9 Å². The summed E-state index contributed by atoms with van der Waals surface area (Å²) in [6, 6.07) is 4.71. The molecule has 1 saturated heterocycles. The number of piperidine rings is 1. The van der Waals surface area contributed by atoms with Crippen LogP contribution in [0.25, 0.3) is 0 Å². The number of carbonyl (C=O) groups is 1. The Morgan fingerprint density at radius 1 is 1.45 bits per heavy atom. The molecular weight excluding hydrogens is 324 g/mol. The second-order valence-electron chi connectivity index (χ2n) is 5.40. The Bertz CT molecular complexity index is 547. The first-order valence-electron chi connectivity index (χ1n) is 6.65. The summed E-state index contributed by atoms with van der Waals surface area (Å²) in [5.41, 5.74) is 0.301. The van der Waals surface area contributed by atoms with Gasteiger partial charge in [0.1, 0.15) is 0 Å². The van der Waals surface area contributed by atoms with E-state index < -0.39 is 4.92 Å². The largest absolute Gasteiger partial charge is 0.336 e. The van der Waals surface area contributed by atoms with Crippen LogP contribution < -0.4 is 0 Å². The molecule has 0 spiro atoms. The quantitative estimate of drug-likeness (QED) is 0.610. The van der Waals surface area contributed by atoms with Gasteiger partial charge in [-0.25, -0.2) is 0 Å². The van der Waals surface area contributed by atoms with Gasteiger partial charge < -0.3 is 4.90 Å². The smallest absolute Gasteiger partial charge is 0.284 e. The number of hydrogen-bond donors (Lipinski definition) is 0. The van der Waals surface area contributed by atoms with Crippen LogP contribution in [-0.4, -0.2) is 28.3 Å². The Kier molecular flexibility index (Phi) is 4.42. The number of hydrogen-bond acceptors (Lipinski definition) is 3. The molecule has 1 amide bonds. The summed E-state index contributed by atoms with van der Waals surface area (Å²) in [6.07, 6.45) is 1.96. The predicted octanol–water partition coefficient (Wildman–Crippen LogP) is 3.62. The summed E-state index contributed by atoms with van der Waals surface area (Å²) in [5.74, 6) is 0.494. The van der Waals surface area contributed by atoms with Gasteiger partial charge in [0.2, 0.25) is 0 Å². The highest BCUT2D eigenvalue weighted by Gasteiger charge is 2.28. The van der Waals surface area contributed by atoms with E-state index in [0.717, 1.165) is 12.8 Å². The molecule has 0 aliphatic carbocycles. The van der Waals surface area contributed by atoms with Crippen LogP contribution in [0.3, 0.4) is 0 Å². The third kappa shape index (κ3) is 3.00. The molecule has 0 bridgehead atoms. The maximum Gasteiger partial charge on any atom is 0.284 e. The lowest BCUT2D eigenvalue weighted by molar-refractivity contribution is -0.385.